The van der Waals surface area contributed by atoms with Gasteiger partial charge in [0.15, 0.2) is 11.6 Å². The Hall–Kier alpha value is -2.49. The molecule has 3 N–H and O–H groups in total. The zero-order chi connectivity index (χ0) is 23.4. The van der Waals surface area contributed by atoms with Crippen LogP contribution in [0, 0.1) is 0 Å². The van der Waals surface area contributed by atoms with Crippen molar-refractivity contribution in [1.82, 2.24) is 0 Å². The number of hydrogen-bond acceptors (Lipinski definition) is 7. The van der Waals surface area contributed by atoms with E-state index in [0.29, 0.717) is 5.69 Å². The molecule has 0 spiro atoms. The van der Waals surface area contributed by atoms with Crippen molar-refractivity contribution in [2.45, 2.75) is 31.1 Å². The first-order chi connectivity index (χ1) is 14.9. The second-order valence-electron chi connectivity index (χ2n) is 8.70. The topological polar surface area (TPSA) is 129 Å². The summed E-state index contributed by atoms with van der Waals surface area (Å²) in [6, 6.07) is 14.6. The van der Waals surface area contributed by atoms with E-state index in [1.54, 1.807) is 18.2 Å². The van der Waals surface area contributed by atoms with Gasteiger partial charge in [0.2, 0.25) is 0 Å². The number of anilines is 3. The summed E-state index contributed by atoms with van der Waals surface area (Å²) in [4.78, 5) is 25.8. The van der Waals surface area contributed by atoms with Gasteiger partial charge in [-0.25, -0.2) is 8.42 Å². The monoisotopic (exact) mass is 472 g/mol. The normalized spacial score (nSPS) is 13.1. The number of carbonyl (C=O) groups is 2. The summed E-state index contributed by atoms with van der Waals surface area (Å²) in [7, 11) is -5.01. The third-order valence-electron chi connectivity index (χ3n) is 5.48. The molecule has 0 aliphatic heterocycles. The molecule has 1 aliphatic carbocycles. The van der Waals surface area contributed by atoms with Crippen LogP contribution in [0.1, 0.15) is 58.2 Å². The van der Waals surface area contributed by atoms with Crippen LogP contribution in [-0.2, 0) is 15.5 Å². The van der Waals surface area contributed by atoms with E-state index in [9.17, 15) is 22.6 Å². The van der Waals surface area contributed by atoms with Crippen LogP contribution >= 0.6 is 0 Å². The average molecular weight is 472 g/mol. The summed E-state index contributed by atoms with van der Waals surface area (Å²) in [6.07, 6.45) is 0. The number of nitrogen functional groups attached to an aromatic ring is 1. The van der Waals surface area contributed by atoms with Crippen molar-refractivity contribution < 1.29 is 52.1 Å². The van der Waals surface area contributed by atoms with Gasteiger partial charge in [-0.15, -0.1) is 0 Å². The van der Waals surface area contributed by atoms with Crippen LogP contribution in [0.4, 0.5) is 17.1 Å². The fourth-order valence-corrected chi connectivity index (χ4v) is 4.45. The van der Waals surface area contributed by atoms with Gasteiger partial charge in [-0.1, -0.05) is 57.2 Å². The maximum atomic E-state index is 13.3. The van der Waals surface area contributed by atoms with Crippen LogP contribution in [0.25, 0.3) is 0 Å². The molecule has 0 saturated carbocycles. The maximum Gasteiger partial charge on any atom is 1.00 e. The number of ketones is 2. The molecule has 0 atom stereocenters. The van der Waals surface area contributed by atoms with E-state index < -0.39 is 32.3 Å². The number of nitrogens with two attached hydrogens (primary N) is 1. The van der Waals surface area contributed by atoms with Crippen molar-refractivity contribution in [3.05, 3.63) is 82.4 Å². The molecule has 0 heterocycles. The second kappa shape index (κ2) is 8.70. The first kappa shape index (κ1) is 25.1. The molecule has 0 saturated heterocycles. The molecule has 7 nitrogen and oxygen atoms in total. The van der Waals surface area contributed by atoms with Crippen molar-refractivity contribution in [2.75, 3.05) is 11.1 Å². The number of carbonyl (C=O) groups excluding carboxylic acids is 2. The van der Waals surface area contributed by atoms with Crippen LogP contribution in [0.5, 0.6) is 0 Å². The SMILES string of the molecule is CC(C)(C)c1cccc(Nc2cc(S(=O)(=O)[O-])c(N)c3c2C(=O)c2ccccc2C3=O)c1.[Na+]. The summed E-state index contributed by atoms with van der Waals surface area (Å²) in [6.45, 7) is 6.12. The first-order valence-electron chi connectivity index (χ1n) is 9.88. The Kier molecular flexibility index (Phi) is 6.63. The first-order valence-corrected chi connectivity index (χ1v) is 11.3. The molecule has 9 heteroatoms. The molecular weight excluding hydrogens is 451 g/mol. The smallest absolute Gasteiger partial charge is 0.744 e. The van der Waals surface area contributed by atoms with Gasteiger partial charge in [-0.3, -0.25) is 9.59 Å². The molecule has 33 heavy (non-hydrogen) atoms. The minimum Gasteiger partial charge on any atom is -0.744 e. The third-order valence-corrected chi connectivity index (χ3v) is 6.35. The summed E-state index contributed by atoms with van der Waals surface area (Å²) >= 11 is 0. The standard InChI is InChI=1S/C24H22N2O5S.Na/c1-24(2,3)13-7-6-8-14(11-13)26-17-12-18(32(29,30)31)21(25)20-19(17)22(27)15-9-4-5-10-16(15)23(20)28;/h4-12,26H,25H2,1-3H3,(H,29,30,31);/q;+1/p-1. The molecule has 3 aromatic rings. The molecular formula is C24H21N2NaO5S. The van der Waals surface area contributed by atoms with Crippen molar-refractivity contribution in [3.8, 4) is 0 Å². The number of nitrogens with one attached hydrogen (secondary N) is 1. The van der Waals surface area contributed by atoms with Crippen LogP contribution in [0.2, 0.25) is 0 Å². The van der Waals surface area contributed by atoms with Gasteiger partial charge in [0.1, 0.15) is 10.1 Å². The van der Waals surface area contributed by atoms with E-state index in [2.05, 4.69) is 5.32 Å². The Balaban J connectivity index is 0.00000306. The van der Waals surface area contributed by atoms with Gasteiger partial charge in [-0.2, -0.15) is 0 Å². The minimum atomic E-state index is -5.01. The molecule has 1 aliphatic rings. The Morgan fingerprint density at radius 2 is 1.45 bits per heavy atom. The van der Waals surface area contributed by atoms with Crippen molar-refractivity contribution >= 4 is 38.7 Å². The Bertz CT molecular complexity index is 1410. The predicted molar refractivity (Wildman–Crippen MR) is 121 cm³/mol. The summed E-state index contributed by atoms with van der Waals surface area (Å²) in [5, 5.41) is 3.03. The van der Waals surface area contributed by atoms with Crippen LogP contribution in [0.3, 0.4) is 0 Å². The summed E-state index contributed by atoms with van der Waals surface area (Å²) in [5.41, 5.74) is 6.84. The van der Waals surface area contributed by atoms with Crippen LogP contribution < -0.4 is 40.6 Å². The van der Waals surface area contributed by atoms with Crippen molar-refractivity contribution in [3.63, 3.8) is 0 Å². The van der Waals surface area contributed by atoms with Gasteiger partial charge < -0.3 is 15.6 Å². The van der Waals surface area contributed by atoms with E-state index in [-0.39, 0.29) is 62.9 Å². The van der Waals surface area contributed by atoms with Crippen LogP contribution in [-0.4, -0.2) is 24.5 Å². The predicted octanol–water partition coefficient (Wildman–Crippen LogP) is 0.993. The number of rotatable bonds is 3. The Morgan fingerprint density at radius 3 is 2.00 bits per heavy atom. The van der Waals surface area contributed by atoms with E-state index in [1.165, 1.54) is 12.1 Å². The molecule has 0 bridgehead atoms. The maximum absolute atomic E-state index is 13.3. The Labute approximate surface area is 214 Å². The number of fused-ring (bicyclic) bond motifs is 2. The molecule has 4 rings (SSSR count). The zero-order valence-corrected chi connectivity index (χ0v) is 21.5. The molecule has 3 aromatic carbocycles. The summed E-state index contributed by atoms with van der Waals surface area (Å²) in [5.74, 6) is -1.09. The summed E-state index contributed by atoms with van der Waals surface area (Å²) < 4.78 is 35.7. The average Bonchev–Trinajstić information content (AvgIpc) is 2.71. The van der Waals surface area contributed by atoms with Crippen molar-refractivity contribution in [2.24, 2.45) is 0 Å². The van der Waals surface area contributed by atoms with E-state index in [4.69, 9.17) is 5.73 Å². The molecule has 0 unspecified atom stereocenters. The second-order valence-corrected chi connectivity index (χ2v) is 10.0. The number of hydrogen-bond donors (Lipinski definition) is 2. The minimum absolute atomic E-state index is 0. The molecule has 0 amide bonds. The Morgan fingerprint density at radius 1 is 0.879 bits per heavy atom. The molecule has 0 aromatic heterocycles. The van der Waals surface area contributed by atoms with Gasteiger partial charge in [-0.05, 0) is 29.2 Å². The fourth-order valence-electron chi connectivity index (χ4n) is 3.82. The number of benzene rings is 3. The van der Waals surface area contributed by atoms with E-state index >= 15 is 0 Å². The molecule has 0 radical (unpaired) electrons. The van der Waals surface area contributed by atoms with Gasteiger partial charge in [0, 0.05) is 16.8 Å². The van der Waals surface area contributed by atoms with Gasteiger partial charge >= 0.3 is 29.6 Å². The van der Waals surface area contributed by atoms with Gasteiger partial charge in [0.05, 0.1) is 27.4 Å². The van der Waals surface area contributed by atoms with E-state index in [1.807, 2.05) is 39.0 Å². The molecule has 164 valence electrons. The largest absolute Gasteiger partial charge is 1.00 e. The van der Waals surface area contributed by atoms with Crippen LogP contribution in [0.15, 0.2) is 59.5 Å². The zero-order valence-electron chi connectivity index (χ0n) is 18.7. The quantitative estimate of drug-likeness (QED) is 0.258. The molecule has 0 fully saturated rings. The van der Waals surface area contributed by atoms with Crippen molar-refractivity contribution in [1.29, 1.82) is 0 Å². The van der Waals surface area contributed by atoms with E-state index in [0.717, 1.165) is 11.6 Å². The third kappa shape index (κ3) is 4.49. The fraction of sp³-hybridized carbons (Fsp3) is 0.167. The van der Waals surface area contributed by atoms with Gasteiger partial charge in [0.25, 0.3) is 0 Å².